The fourth-order valence-electron chi connectivity index (χ4n) is 4.25. The number of rotatable bonds is 4. The van der Waals surface area contributed by atoms with Gasteiger partial charge in [0.25, 0.3) is 0 Å². The molecule has 1 heterocycles. The van der Waals surface area contributed by atoms with Crippen LogP contribution in [0.5, 0.6) is 0 Å². The lowest BCUT2D eigenvalue weighted by molar-refractivity contribution is 0.105. The Labute approximate surface area is 223 Å². The van der Waals surface area contributed by atoms with E-state index in [2.05, 4.69) is 19.9 Å². The fraction of sp³-hybridized carbons (Fsp3) is 0.156. The predicted molar refractivity (Wildman–Crippen MR) is 156 cm³/mol. The minimum Gasteiger partial charge on any atom is -0.288 e. The average Bonchev–Trinajstić information content (AvgIpc) is 2.89. The summed E-state index contributed by atoms with van der Waals surface area (Å²) in [4.78, 5) is 41.8. The number of benzene rings is 4. The summed E-state index contributed by atoms with van der Waals surface area (Å²) in [5.74, 6) is 0.306. The monoisotopic (exact) mass is 523 g/mol. The molecule has 0 aliphatic carbocycles. The van der Waals surface area contributed by atoms with Gasteiger partial charge in [-0.05, 0) is 73.9 Å². The summed E-state index contributed by atoms with van der Waals surface area (Å²) in [5.41, 5.74) is 4.09. The van der Waals surface area contributed by atoms with Crippen molar-refractivity contribution in [1.29, 1.82) is 0 Å². The van der Waals surface area contributed by atoms with E-state index < -0.39 is 10.9 Å². The molecule has 0 bridgehead atoms. The second-order valence-electron chi connectivity index (χ2n) is 9.61. The first-order valence-corrected chi connectivity index (χ1v) is 14.2. The molecule has 1 aromatic heterocycles. The molecule has 5 aromatic rings. The average molecular weight is 524 g/mol. The molecule has 0 atom stereocenters. The maximum absolute atomic E-state index is 13.8. The molecule has 184 valence electrons. The van der Waals surface area contributed by atoms with Gasteiger partial charge in [0.2, 0.25) is 0 Å². The zero-order valence-electron chi connectivity index (χ0n) is 21.2. The van der Waals surface area contributed by atoms with Crippen LogP contribution in [0.4, 0.5) is 0 Å². The molecule has 4 aromatic carbocycles. The lowest BCUT2D eigenvalue weighted by atomic mass is 10.0. The van der Waals surface area contributed by atoms with Crippen LogP contribution in [0.1, 0.15) is 57.2 Å². The van der Waals surface area contributed by atoms with Crippen molar-refractivity contribution in [2.24, 2.45) is 0 Å². The van der Waals surface area contributed by atoms with Crippen molar-refractivity contribution in [3.05, 3.63) is 123 Å². The normalized spacial score (nSPS) is 11.5. The summed E-state index contributed by atoms with van der Waals surface area (Å²) >= 11 is 1.55. The summed E-state index contributed by atoms with van der Waals surface area (Å²) in [5, 5.41) is 0.727. The van der Waals surface area contributed by atoms with E-state index in [0.29, 0.717) is 32.7 Å². The Kier molecular flexibility index (Phi) is 6.84. The molecular formula is C32H27O3S2+. The van der Waals surface area contributed by atoms with Crippen molar-refractivity contribution in [2.75, 3.05) is 0 Å². The highest BCUT2D eigenvalue weighted by atomic mass is 32.2. The van der Waals surface area contributed by atoms with Crippen molar-refractivity contribution in [2.45, 2.75) is 38.5 Å². The zero-order valence-corrected chi connectivity index (χ0v) is 22.8. The molecule has 0 saturated carbocycles. The summed E-state index contributed by atoms with van der Waals surface area (Å²) in [6.07, 6.45) is 0. The van der Waals surface area contributed by atoms with Gasteiger partial charge in [-0.1, -0.05) is 55.3 Å². The van der Waals surface area contributed by atoms with Crippen LogP contribution in [0.3, 0.4) is 0 Å². The maximum Gasteiger partial charge on any atom is 0.376 e. The molecule has 3 nitrogen and oxygen atoms in total. The summed E-state index contributed by atoms with van der Waals surface area (Å²) in [6, 6.07) is 26.1. The Morgan fingerprint density at radius 1 is 0.676 bits per heavy atom. The van der Waals surface area contributed by atoms with Gasteiger partial charge in [-0.15, -0.1) is 11.3 Å². The summed E-state index contributed by atoms with van der Waals surface area (Å²) in [6.45, 7) is 8.13. The Balaban J connectivity index is 1.69. The molecule has 0 amide bonds. The lowest BCUT2D eigenvalue weighted by Gasteiger charge is -2.09. The van der Waals surface area contributed by atoms with E-state index in [0.717, 1.165) is 26.1 Å². The van der Waals surface area contributed by atoms with Gasteiger partial charge in [-0.2, -0.15) is 0 Å². The minimum atomic E-state index is -1.41. The van der Waals surface area contributed by atoms with Crippen LogP contribution in [0.15, 0.2) is 94.6 Å². The van der Waals surface area contributed by atoms with Crippen LogP contribution in [-0.2, 0) is 10.9 Å². The molecular weight excluding hydrogens is 496 g/mol. The highest BCUT2D eigenvalue weighted by molar-refractivity contribution is 8.24. The van der Waals surface area contributed by atoms with Crippen LogP contribution in [0.2, 0.25) is 0 Å². The molecule has 0 aliphatic heterocycles. The van der Waals surface area contributed by atoms with Crippen LogP contribution in [0.25, 0.3) is 20.2 Å². The first kappa shape index (κ1) is 25.1. The van der Waals surface area contributed by atoms with Gasteiger partial charge in [0.05, 0.1) is 11.1 Å². The van der Waals surface area contributed by atoms with E-state index in [9.17, 15) is 14.4 Å². The van der Waals surface area contributed by atoms with Gasteiger partial charge in [0, 0.05) is 26.2 Å². The summed E-state index contributed by atoms with van der Waals surface area (Å²) < 4.78 is 1.77. The Hall–Kier alpha value is -3.54. The molecule has 0 aliphatic rings. The predicted octanol–water partition coefficient (Wildman–Crippen LogP) is 7.81. The number of carbonyl (C=O) groups is 2. The largest absolute Gasteiger partial charge is 0.376 e. The lowest BCUT2D eigenvalue weighted by Crippen LogP contribution is -2.25. The molecule has 0 unspecified atom stereocenters. The number of carbonyl (C=O) groups excluding carboxylic acids is 2. The quantitative estimate of drug-likeness (QED) is 0.178. The highest BCUT2D eigenvalue weighted by Crippen LogP contribution is 2.31. The highest BCUT2D eigenvalue weighted by Gasteiger charge is 2.42. The van der Waals surface area contributed by atoms with Crippen molar-refractivity contribution in [1.82, 2.24) is 0 Å². The van der Waals surface area contributed by atoms with E-state index >= 15 is 0 Å². The van der Waals surface area contributed by atoms with Crippen LogP contribution in [-0.4, -0.2) is 10.2 Å². The van der Waals surface area contributed by atoms with Crippen molar-refractivity contribution < 1.29 is 9.59 Å². The van der Waals surface area contributed by atoms with Crippen LogP contribution in [0, 0.1) is 13.8 Å². The topological polar surface area (TPSA) is 51.2 Å². The van der Waals surface area contributed by atoms with Gasteiger partial charge in [-0.3, -0.25) is 4.79 Å². The third-order valence-electron chi connectivity index (χ3n) is 6.51. The van der Waals surface area contributed by atoms with Crippen molar-refractivity contribution in [3.8, 4) is 0 Å². The first-order chi connectivity index (χ1) is 17.7. The minimum absolute atomic E-state index is 0.0674. The van der Waals surface area contributed by atoms with Gasteiger partial charge in [0.15, 0.2) is 21.2 Å². The Morgan fingerprint density at radius 3 is 1.68 bits per heavy atom. The van der Waals surface area contributed by atoms with E-state index in [4.69, 9.17) is 0 Å². The van der Waals surface area contributed by atoms with E-state index in [-0.39, 0.29) is 15.7 Å². The van der Waals surface area contributed by atoms with Crippen LogP contribution >= 0.6 is 11.3 Å². The molecule has 0 N–H and O–H groups in total. The fourth-order valence-corrected chi connectivity index (χ4v) is 7.06. The maximum atomic E-state index is 13.8. The second kappa shape index (κ2) is 10.1. The second-order valence-corrected chi connectivity index (χ2v) is 12.5. The number of fused-ring (bicyclic) bond motifs is 2. The molecule has 37 heavy (non-hydrogen) atoms. The molecule has 0 saturated heterocycles. The number of aryl methyl sites for hydroxylation is 2. The van der Waals surface area contributed by atoms with E-state index in [1.54, 1.807) is 41.7 Å². The molecule has 0 spiro atoms. The molecule has 5 rings (SSSR count). The molecule has 5 heteroatoms. The number of hydrogen-bond donors (Lipinski definition) is 0. The van der Waals surface area contributed by atoms with Gasteiger partial charge in [0.1, 0.15) is 0 Å². The summed E-state index contributed by atoms with van der Waals surface area (Å²) in [7, 11) is -1.41. The van der Waals surface area contributed by atoms with Crippen molar-refractivity contribution >= 4 is 52.6 Å². The van der Waals surface area contributed by atoms with Gasteiger partial charge in [-0.25, -0.2) is 9.59 Å². The third-order valence-corrected chi connectivity index (χ3v) is 9.60. The van der Waals surface area contributed by atoms with E-state index in [1.807, 2.05) is 62.4 Å². The standard InChI is InChI=1S/C32H27O3S2/c1-19(2)24-13-15-28-26(17-24)30(33)27-18-25(14-16-29(27)36-28)37(31(34)22-9-5-20(3)6-10-22)32(35)23-11-7-21(4)8-12-23/h5-19H,1-4H3/q+1. The Morgan fingerprint density at radius 2 is 1.16 bits per heavy atom. The zero-order chi connectivity index (χ0) is 26.3. The van der Waals surface area contributed by atoms with Gasteiger partial charge >= 0.3 is 10.2 Å². The van der Waals surface area contributed by atoms with Crippen LogP contribution < -0.4 is 5.43 Å². The smallest absolute Gasteiger partial charge is 0.288 e. The van der Waals surface area contributed by atoms with Crippen molar-refractivity contribution in [3.63, 3.8) is 0 Å². The van der Waals surface area contributed by atoms with Gasteiger partial charge < -0.3 is 0 Å². The molecule has 0 radical (unpaired) electrons. The Bertz CT molecular complexity index is 1660. The SMILES string of the molecule is Cc1ccc(C(=O)[S+](C(=O)c2ccc(C)cc2)c2ccc3sc4ccc(C(C)C)cc4c(=O)c3c2)cc1. The number of hydrogen-bond acceptors (Lipinski definition) is 4. The third kappa shape index (κ3) is 4.89. The van der Waals surface area contributed by atoms with E-state index in [1.165, 1.54) is 0 Å². The molecule has 0 fully saturated rings. The first-order valence-electron chi connectivity index (χ1n) is 12.2.